The monoisotopic (exact) mass is 623 g/mol. The molecule has 14 heteroatoms. The molecule has 0 unspecified atom stereocenters. The molecule has 1 amide bonds. The second kappa shape index (κ2) is 17.0. The van der Waals surface area contributed by atoms with E-state index in [0.717, 1.165) is 32.7 Å². The molecule has 0 bridgehead atoms. The number of hydrogen-bond acceptors (Lipinski definition) is 12. The molecule has 4 rings (SSSR count). The second-order valence-corrected chi connectivity index (χ2v) is 10.1. The van der Waals surface area contributed by atoms with Crippen LogP contribution in [0.4, 0.5) is 27.4 Å². The molecule has 1 fully saturated rings. The van der Waals surface area contributed by atoms with Crippen molar-refractivity contribution < 1.29 is 18.7 Å². The molecule has 0 spiro atoms. The van der Waals surface area contributed by atoms with Gasteiger partial charge in [-0.15, -0.1) is 0 Å². The van der Waals surface area contributed by atoms with Crippen LogP contribution in [-0.4, -0.2) is 73.9 Å². The molecular formula is C30H38FN9O3S. The number of aliphatic imine (C=N–C) groups is 1. The van der Waals surface area contributed by atoms with Crippen molar-refractivity contribution in [2.24, 2.45) is 4.99 Å². The van der Waals surface area contributed by atoms with Crippen molar-refractivity contribution in [3.63, 3.8) is 0 Å². The van der Waals surface area contributed by atoms with Crippen molar-refractivity contribution in [3.05, 3.63) is 53.6 Å². The largest absolute Gasteiger partial charge is 0.492 e. The lowest BCUT2D eigenvalue weighted by Gasteiger charge is -2.27. The van der Waals surface area contributed by atoms with E-state index in [2.05, 4.69) is 29.9 Å². The summed E-state index contributed by atoms with van der Waals surface area (Å²) in [6.07, 6.45) is 5.10. The predicted octanol–water partition coefficient (Wildman–Crippen LogP) is 5.28. The molecule has 0 saturated carbocycles. The van der Waals surface area contributed by atoms with Gasteiger partial charge in [-0.2, -0.15) is 5.26 Å². The van der Waals surface area contributed by atoms with E-state index < -0.39 is 5.82 Å². The Kier molecular flexibility index (Phi) is 13.2. The Labute approximate surface area is 262 Å². The van der Waals surface area contributed by atoms with Crippen molar-refractivity contribution in [1.82, 2.24) is 19.6 Å². The van der Waals surface area contributed by atoms with Crippen LogP contribution < -0.4 is 29.3 Å². The SMILES string of the molecule is CC.CCN(C)SNc1ccc(F)c(Oc2ccc(N=CN(C=O)c3cnc(N4CCNCC4)nc3)c(C)c2OC)c1C#N. The van der Waals surface area contributed by atoms with Gasteiger partial charge in [-0.05, 0) is 38.2 Å². The summed E-state index contributed by atoms with van der Waals surface area (Å²) in [5.74, 6) is 0.174. The van der Waals surface area contributed by atoms with E-state index in [1.165, 1.54) is 42.6 Å². The Morgan fingerprint density at radius 3 is 2.52 bits per heavy atom. The number of benzene rings is 2. The highest BCUT2D eigenvalue weighted by molar-refractivity contribution is 7.98. The quantitative estimate of drug-likeness (QED) is 0.118. The summed E-state index contributed by atoms with van der Waals surface area (Å²) in [5, 5.41) is 13.1. The molecule has 234 valence electrons. The molecule has 0 aliphatic carbocycles. The van der Waals surface area contributed by atoms with Gasteiger partial charge in [0.25, 0.3) is 0 Å². The van der Waals surface area contributed by atoms with Crippen LogP contribution in [0, 0.1) is 24.1 Å². The number of halogens is 1. The summed E-state index contributed by atoms with van der Waals surface area (Å²) in [7, 11) is 3.34. The number of ether oxygens (including phenoxy) is 2. The molecule has 0 radical (unpaired) electrons. The van der Waals surface area contributed by atoms with Crippen molar-refractivity contribution in [1.29, 1.82) is 5.26 Å². The number of carbonyl (C=O) groups excluding carboxylic acids is 1. The highest BCUT2D eigenvalue weighted by atomic mass is 32.2. The number of methoxy groups -OCH3 is 1. The number of carbonyl (C=O) groups is 1. The van der Waals surface area contributed by atoms with Gasteiger partial charge in [0.15, 0.2) is 23.1 Å². The summed E-state index contributed by atoms with van der Waals surface area (Å²) < 4.78 is 31.3. The highest BCUT2D eigenvalue weighted by Gasteiger charge is 2.20. The van der Waals surface area contributed by atoms with E-state index in [4.69, 9.17) is 9.47 Å². The topological polar surface area (TPSA) is 131 Å². The van der Waals surface area contributed by atoms with Gasteiger partial charge in [0.1, 0.15) is 18.0 Å². The van der Waals surface area contributed by atoms with Crippen LogP contribution in [0.15, 0.2) is 41.7 Å². The second-order valence-electron chi connectivity index (χ2n) is 9.13. The number of amides is 1. The van der Waals surface area contributed by atoms with Crippen molar-refractivity contribution in [2.45, 2.75) is 27.7 Å². The van der Waals surface area contributed by atoms with Crippen LogP contribution in [0.2, 0.25) is 0 Å². The zero-order valence-corrected chi connectivity index (χ0v) is 26.6. The number of piperazine rings is 1. The van der Waals surface area contributed by atoms with E-state index in [-0.39, 0.29) is 17.1 Å². The van der Waals surface area contributed by atoms with Gasteiger partial charge in [-0.1, -0.05) is 20.8 Å². The smallest absolute Gasteiger partial charge is 0.225 e. The minimum Gasteiger partial charge on any atom is -0.492 e. The zero-order valence-electron chi connectivity index (χ0n) is 25.8. The van der Waals surface area contributed by atoms with Crippen LogP contribution in [-0.2, 0) is 4.79 Å². The number of nitriles is 1. The highest BCUT2D eigenvalue weighted by Crippen LogP contribution is 2.42. The molecular weight excluding hydrogens is 585 g/mol. The fraction of sp³-hybridized carbons (Fsp3) is 0.367. The van der Waals surface area contributed by atoms with Crippen molar-refractivity contribution >= 4 is 47.9 Å². The van der Waals surface area contributed by atoms with Gasteiger partial charge in [-0.25, -0.2) is 23.7 Å². The van der Waals surface area contributed by atoms with E-state index in [9.17, 15) is 14.4 Å². The fourth-order valence-electron chi connectivity index (χ4n) is 4.04. The first-order chi connectivity index (χ1) is 21.4. The zero-order chi connectivity index (χ0) is 32.1. The molecule has 1 aliphatic rings. The van der Waals surface area contributed by atoms with Crippen LogP contribution >= 0.6 is 12.1 Å². The van der Waals surface area contributed by atoms with Gasteiger partial charge in [0.2, 0.25) is 12.4 Å². The van der Waals surface area contributed by atoms with Crippen molar-refractivity contribution in [2.75, 3.05) is 61.4 Å². The Morgan fingerprint density at radius 1 is 1.20 bits per heavy atom. The van der Waals surface area contributed by atoms with E-state index in [1.807, 2.05) is 38.2 Å². The van der Waals surface area contributed by atoms with Crippen LogP contribution in [0.3, 0.4) is 0 Å². The first-order valence-electron chi connectivity index (χ1n) is 14.2. The normalized spacial score (nSPS) is 12.8. The number of hydrogen-bond donors (Lipinski definition) is 2. The maximum atomic E-state index is 14.9. The maximum absolute atomic E-state index is 14.9. The minimum absolute atomic E-state index is 0.0145. The fourth-order valence-corrected chi connectivity index (χ4v) is 4.59. The number of rotatable bonds is 12. The average Bonchev–Trinajstić information content (AvgIpc) is 3.07. The molecule has 3 aromatic rings. The number of nitrogens with zero attached hydrogens (tertiary/aromatic N) is 7. The third-order valence-electron chi connectivity index (χ3n) is 6.49. The van der Waals surface area contributed by atoms with Gasteiger partial charge in [0.05, 0.1) is 36.6 Å². The molecule has 1 aromatic heterocycles. The van der Waals surface area contributed by atoms with Crippen LogP contribution in [0.5, 0.6) is 17.2 Å². The third kappa shape index (κ3) is 8.34. The lowest BCUT2D eigenvalue weighted by Crippen LogP contribution is -2.44. The van der Waals surface area contributed by atoms with Gasteiger partial charge >= 0.3 is 0 Å². The van der Waals surface area contributed by atoms with Gasteiger partial charge < -0.3 is 24.4 Å². The standard InChI is InChI=1S/C28H32FN9O3S.C2H6/c1-5-36(3)42-35-24-7-6-22(29)27(21(24)14-30)41-25-9-8-23(19(2)26(25)40-4)34-17-38(18-39)20-15-32-28(33-16-20)37-12-10-31-11-13-37;1-2/h6-9,15-18,31,35H,5,10-13H2,1-4H3;1-2H3. The number of anilines is 3. The molecule has 1 saturated heterocycles. The number of aromatic nitrogens is 2. The molecule has 0 atom stereocenters. The summed E-state index contributed by atoms with van der Waals surface area (Å²) in [4.78, 5) is 28.4. The lowest BCUT2D eigenvalue weighted by atomic mass is 10.1. The predicted molar refractivity (Wildman–Crippen MR) is 174 cm³/mol. The maximum Gasteiger partial charge on any atom is 0.225 e. The van der Waals surface area contributed by atoms with Crippen molar-refractivity contribution in [3.8, 4) is 23.3 Å². The van der Waals surface area contributed by atoms with Crippen LogP contribution in [0.1, 0.15) is 31.9 Å². The molecule has 1 aliphatic heterocycles. The Hall–Kier alpha value is -4.45. The molecule has 2 aromatic carbocycles. The van der Waals surface area contributed by atoms with Gasteiger partial charge in [0, 0.05) is 50.4 Å². The minimum atomic E-state index is -0.695. The van der Waals surface area contributed by atoms with E-state index in [1.54, 1.807) is 31.5 Å². The Bertz CT molecular complexity index is 1460. The molecule has 12 nitrogen and oxygen atoms in total. The summed E-state index contributed by atoms with van der Waals surface area (Å²) in [6.45, 7) is 11.8. The summed E-state index contributed by atoms with van der Waals surface area (Å²) >= 11 is 1.28. The third-order valence-corrected chi connectivity index (χ3v) is 7.37. The Balaban J connectivity index is 0.00000259. The molecule has 2 N–H and O–H groups in total. The molecule has 44 heavy (non-hydrogen) atoms. The summed E-state index contributed by atoms with van der Waals surface area (Å²) in [5.41, 5.74) is 1.94. The van der Waals surface area contributed by atoms with Crippen LogP contribution in [0.25, 0.3) is 0 Å². The Morgan fingerprint density at radius 2 is 1.91 bits per heavy atom. The van der Waals surface area contributed by atoms with E-state index >= 15 is 0 Å². The summed E-state index contributed by atoms with van der Waals surface area (Å²) in [6, 6.07) is 7.96. The first kappa shape index (κ1) is 34.0. The first-order valence-corrected chi connectivity index (χ1v) is 14.9. The lowest BCUT2D eigenvalue weighted by molar-refractivity contribution is -0.106. The van der Waals surface area contributed by atoms with E-state index in [0.29, 0.717) is 40.7 Å². The number of nitrogens with one attached hydrogen (secondary N) is 2. The average molecular weight is 624 g/mol. The molecule has 2 heterocycles. The van der Waals surface area contributed by atoms with Gasteiger partial charge in [-0.3, -0.25) is 9.69 Å².